The second-order valence-electron chi connectivity index (χ2n) is 4.97. The van der Waals surface area contributed by atoms with Crippen molar-refractivity contribution in [1.29, 1.82) is 0 Å². The summed E-state index contributed by atoms with van der Waals surface area (Å²) in [7, 11) is 0. The molecule has 0 bridgehead atoms. The van der Waals surface area contributed by atoms with Crippen molar-refractivity contribution in [1.82, 2.24) is 0 Å². The average molecular weight is 462 g/mol. The number of halogens is 3. The van der Waals surface area contributed by atoms with Gasteiger partial charge in [0.05, 0.1) is 27.3 Å². The Labute approximate surface area is 168 Å². The first-order valence-electron chi connectivity index (χ1n) is 7.46. The van der Waals surface area contributed by atoms with Crippen molar-refractivity contribution in [3.05, 3.63) is 50.4 Å². The van der Waals surface area contributed by atoms with Crippen LogP contribution in [-0.2, 0) is 4.79 Å². The van der Waals surface area contributed by atoms with Gasteiger partial charge < -0.3 is 20.0 Å². The third-order valence-corrected chi connectivity index (χ3v) is 4.42. The Morgan fingerprint density at radius 3 is 2.69 bits per heavy atom. The Kier molecular flexibility index (Phi) is 7.56. The van der Waals surface area contributed by atoms with Gasteiger partial charge in [-0.05, 0) is 53.2 Å². The molecule has 0 aliphatic carbocycles. The summed E-state index contributed by atoms with van der Waals surface area (Å²) in [5, 5.41) is 15.1. The topological polar surface area (TPSA) is 80.2 Å². The van der Waals surface area contributed by atoms with Crippen molar-refractivity contribution < 1.29 is 19.5 Å². The largest absolute Gasteiger partial charge is 0.490 e. The minimum atomic E-state index is -0.376. The van der Waals surface area contributed by atoms with Gasteiger partial charge in [-0.25, -0.2) is 0 Å². The molecule has 2 aromatic rings. The van der Waals surface area contributed by atoms with Gasteiger partial charge in [-0.2, -0.15) is 0 Å². The number of oxime groups is 1. The summed E-state index contributed by atoms with van der Waals surface area (Å²) in [5.41, 5.74) is 1.11. The van der Waals surface area contributed by atoms with E-state index in [4.69, 9.17) is 37.9 Å². The Bertz CT molecular complexity index is 831. The van der Waals surface area contributed by atoms with Crippen LogP contribution in [0.5, 0.6) is 11.5 Å². The van der Waals surface area contributed by atoms with Crippen molar-refractivity contribution in [2.45, 2.75) is 6.92 Å². The SMILES string of the molecule is CCOc1cc(C=NO)cc(Br)c1OCC(=O)Nc1ccc(Cl)c(Cl)c1. The fourth-order valence-electron chi connectivity index (χ4n) is 2.04. The molecule has 26 heavy (non-hydrogen) atoms. The molecule has 0 radical (unpaired) electrons. The maximum absolute atomic E-state index is 12.1. The van der Waals surface area contributed by atoms with Crippen LogP contribution in [0.4, 0.5) is 5.69 Å². The number of nitrogens with one attached hydrogen (secondary N) is 1. The number of nitrogens with zero attached hydrogens (tertiary/aromatic N) is 1. The van der Waals surface area contributed by atoms with Gasteiger partial charge in [0, 0.05) is 11.3 Å². The molecule has 0 atom stereocenters. The highest BCUT2D eigenvalue weighted by molar-refractivity contribution is 9.10. The first kappa shape index (κ1) is 20.4. The van der Waals surface area contributed by atoms with Crippen LogP contribution in [0.1, 0.15) is 12.5 Å². The summed E-state index contributed by atoms with van der Waals surface area (Å²) in [6.07, 6.45) is 1.26. The second-order valence-corrected chi connectivity index (χ2v) is 6.64. The third kappa shape index (κ3) is 5.52. The van der Waals surface area contributed by atoms with E-state index in [9.17, 15) is 4.79 Å². The van der Waals surface area contributed by atoms with Crippen LogP contribution < -0.4 is 14.8 Å². The zero-order valence-corrected chi connectivity index (χ0v) is 16.7. The van der Waals surface area contributed by atoms with Crippen LogP contribution in [-0.4, -0.2) is 30.5 Å². The van der Waals surface area contributed by atoms with Gasteiger partial charge in [-0.15, -0.1) is 0 Å². The lowest BCUT2D eigenvalue weighted by molar-refractivity contribution is -0.118. The summed E-state index contributed by atoms with van der Waals surface area (Å²) < 4.78 is 11.7. The third-order valence-electron chi connectivity index (χ3n) is 3.09. The standard InChI is InChI=1S/C17H15BrCl2N2O4/c1-2-25-15-6-10(8-21-24)5-12(18)17(15)26-9-16(23)22-11-3-4-13(19)14(20)7-11/h3-8,24H,2,9H2,1H3,(H,22,23). The van der Waals surface area contributed by atoms with Gasteiger partial charge in [0.25, 0.3) is 5.91 Å². The molecule has 0 saturated heterocycles. The fraction of sp³-hybridized carbons (Fsp3) is 0.176. The lowest BCUT2D eigenvalue weighted by atomic mass is 10.2. The summed E-state index contributed by atoms with van der Waals surface area (Å²) >= 11 is 15.1. The van der Waals surface area contributed by atoms with Gasteiger partial charge in [0.15, 0.2) is 18.1 Å². The van der Waals surface area contributed by atoms with Crippen LogP contribution in [0.25, 0.3) is 0 Å². The predicted octanol–water partition coefficient (Wildman–Crippen LogP) is 4.98. The molecule has 6 nitrogen and oxygen atoms in total. The molecule has 9 heteroatoms. The molecule has 0 aliphatic rings. The van der Waals surface area contributed by atoms with E-state index < -0.39 is 0 Å². The molecule has 2 aromatic carbocycles. The zero-order valence-electron chi connectivity index (χ0n) is 13.6. The zero-order chi connectivity index (χ0) is 19.1. The summed E-state index contributed by atoms with van der Waals surface area (Å²) in [6, 6.07) is 8.09. The second kappa shape index (κ2) is 9.66. The normalized spacial score (nSPS) is 10.8. The first-order valence-corrected chi connectivity index (χ1v) is 9.01. The maximum atomic E-state index is 12.1. The number of hydrogen-bond acceptors (Lipinski definition) is 5. The molecule has 1 amide bonds. The van der Waals surface area contributed by atoms with Gasteiger partial charge in [0.2, 0.25) is 0 Å². The summed E-state index contributed by atoms with van der Waals surface area (Å²) in [5.74, 6) is 0.407. The molecule has 0 saturated carbocycles. The lowest BCUT2D eigenvalue weighted by Crippen LogP contribution is -2.20. The van der Waals surface area contributed by atoms with Crippen molar-refractivity contribution in [2.24, 2.45) is 5.16 Å². The van der Waals surface area contributed by atoms with Crippen molar-refractivity contribution in [2.75, 3.05) is 18.5 Å². The highest BCUT2D eigenvalue weighted by Gasteiger charge is 2.14. The quantitative estimate of drug-likeness (QED) is 0.346. The monoisotopic (exact) mass is 460 g/mol. The van der Waals surface area contributed by atoms with Crippen LogP contribution in [0.3, 0.4) is 0 Å². The van der Waals surface area contributed by atoms with E-state index in [1.807, 2.05) is 6.92 Å². The molecular weight excluding hydrogens is 447 g/mol. The molecular formula is C17H15BrCl2N2O4. The van der Waals surface area contributed by atoms with Gasteiger partial charge in [-0.1, -0.05) is 28.4 Å². The van der Waals surface area contributed by atoms with Crippen molar-refractivity contribution >= 4 is 56.9 Å². The van der Waals surface area contributed by atoms with Gasteiger partial charge in [0.1, 0.15) is 0 Å². The molecule has 138 valence electrons. The van der Waals surface area contributed by atoms with E-state index in [1.165, 1.54) is 6.21 Å². The Morgan fingerprint density at radius 2 is 2.04 bits per heavy atom. The number of rotatable bonds is 7. The average Bonchev–Trinajstić information content (AvgIpc) is 2.58. The number of anilines is 1. The number of carbonyl (C=O) groups is 1. The van der Waals surface area contributed by atoms with E-state index in [0.29, 0.717) is 43.9 Å². The van der Waals surface area contributed by atoms with E-state index >= 15 is 0 Å². The van der Waals surface area contributed by atoms with Crippen LogP contribution >= 0.6 is 39.1 Å². The van der Waals surface area contributed by atoms with Crippen LogP contribution in [0.15, 0.2) is 40.0 Å². The molecule has 0 aromatic heterocycles. The highest BCUT2D eigenvalue weighted by atomic mass is 79.9. The number of amides is 1. The number of carbonyl (C=O) groups excluding carboxylic acids is 1. The first-order chi connectivity index (χ1) is 12.4. The summed E-state index contributed by atoms with van der Waals surface area (Å²) in [4.78, 5) is 12.1. The molecule has 0 heterocycles. The number of benzene rings is 2. The number of hydrogen-bond donors (Lipinski definition) is 2. The van der Waals surface area contributed by atoms with Crippen LogP contribution in [0.2, 0.25) is 10.0 Å². The highest BCUT2D eigenvalue weighted by Crippen LogP contribution is 2.36. The molecule has 0 aliphatic heterocycles. The fourth-order valence-corrected chi connectivity index (χ4v) is 2.91. The smallest absolute Gasteiger partial charge is 0.262 e. The summed E-state index contributed by atoms with van der Waals surface area (Å²) in [6.45, 7) is 1.98. The van der Waals surface area contributed by atoms with Gasteiger partial charge in [-0.3, -0.25) is 4.79 Å². The predicted molar refractivity (Wildman–Crippen MR) is 105 cm³/mol. The van der Waals surface area contributed by atoms with Crippen LogP contribution in [0, 0.1) is 0 Å². The Morgan fingerprint density at radius 1 is 1.27 bits per heavy atom. The molecule has 0 unspecified atom stereocenters. The van der Waals surface area contributed by atoms with Crippen molar-refractivity contribution in [3.63, 3.8) is 0 Å². The Balaban J connectivity index is 2.09. The minimum Gasteiger partial charge on any atom is -0.490 e. The molecule has 0 spiro atoms. The van der Waals surface area contributed by atoms with E-state index in [0.717, 1.165) is 0 Å². The molecule has 0 fully saturated rings. The lowest BCUT2D eigenvalue weighted by Gasteiger charge is -2.14. The number of ether oxygens (including phenoxy) is 2. The maximum Gasteiger partial charge on any atom is 0.262 e. The van der Waals surface area contributed by atoms with E-state index in [2.05, 4.69) is 26.4 Å². The molecule has 2 rings (SSSR count). The van der Waals surface area contributed by atoms with Gasteiger partial charge >= 0.3 is 0 Å². The van der Waals surface area contributed by atoms with E-state index in [-0.39, 0.29) is 12.5 Å². The van der Waals surface area contributed by atoms with Crippen molar-refractivity contribution in [3.8, 4) is 11.5 Å². The van der Waals surface area contributed by atoms with E-state index in [1.54, 1.807) is 30.3 Å². The minimum absolute atomic E-state index is 0.244. The molecule has 2 N–H and O–H groups in total. The Hall–Kier alpha value is -1.96.